The fourth-order valence-electron chi connectivity index (χ4n) is 2.27. The minimum Gasteiger partial charge on any atom is -0.497 e. The molecule has 0 bridgehead atoms. The van der Waals surface area contributed by atoms with Crippen molar-refractivity contribution in [3.63, 3.8) is 0 Å². The van der Waals surface area contributed by atoms with Crippen LogP contribution < -0.4 is 10.1 Å². The molecule has 0 aliphatic carbocycles. The highest BCUT2D eigenvalue weighted by Gasteiger charge is 2.09. The van der Waals surface area contributed by atoms with Crippen molar-refractivity contribution in [3.8, 4) is 5.75 Å². The Morgan fingerprint density at radius 1 is 1.29 bits per heavy atom. The highest BCUT2D eigenvalue weighted by atomic mass is 16.5. The molecule has 1 atom stereocenters. The van der Waals surface area contributed by atoms with Crippen LogP contribution in [0.25, 0.3) is 10.8 Å². The Kier molecular flexibility index (Phi) is 4.99. The Morgan fingerprint density at radius 2 is 2.00 bits per heavy atom. The van der Waals surface area contributed by atoms with E-state index in [4.69, 9.17) is 4.74 Å². The minimum atomic E-state index is -0.00573. The van der Waals surface area contributed by atoms with Crippen LogP contribution in [0, 0.1) is 0 Å². The summed E-state index contributed by atoms with van der Waals surface area (Å²) in [6, 6.07) is 12.2. The number of benzene rings is 2. The van der Waals surface area contributed by atoms with Gasteiger partial charge in [-0.15, -0.1) is 6.58 Å². The summed E-state index contributed by atoms with van der Waals surface area (Å²) in [5.41, 5.74) is 1.10. The number of fused-ring (bicyclic) bond motifs is 1. The maximum absolute atomic E-state index is 11.8. The van der Waals surface area contributed by atoms with Gasteiger partial charge >= 0.3 is 0 Å². The van der Waals surface area contributed by atoms with Crippen LogP contribution in [0.2, 0.25) is 0 Å². The highest BCUT2D eigenvalue weighted by molar-refractivity contribution is 5.85. The standard InChI is InChI=1S/C18H21NO2/c1-4-5-6-18(20)19-13(2)14-7-8-16-12-17(21-3)10-9-15(16)11-14/h4,7-13H,1,5-6H2,2-3H3,(H,19,20). The topological polar surface area (TPSA) is 38.3 Å². The molecule has 1 unspecified atom stereocenters. The predicted molar refractivity (Wildman–Crippen MR) is 86.5 cm³/mol. The van der Waals surface area contributed by atoms with Gasteiger partial charge in [0.25, 0.3) is 0 Å². The maximum Gasteiger partial charge on any atom is 0.220 e. The Labute approximate surface area is 125 Å². The summed E-state index contributed by atoms with van der Waals surface area (Å²) in [5.74, 6) is 0.901. The maximum atomic E-state index is 11.8. The molecule has 3 heteroatoms. The molecule has 2 aromatic rings. The molecule has 2 aromatic carbocycles. The molecule has 0 aromatic heterocycles. The van der Waals surface area contributed by atoms with E-state index >= 15 is 0 Å². The van der Waals surface area contributed by atoms with Gasteiger partial charge in [0.15, 0.2) is 0 Å². The summed E-state index contributed by atoms with van der Waals surface area (Å²) in [4.78, 5) is 11.8. The van der Waals surface area contributed by atoms with E-state index in [9.17, 15) is 4.79 Å². The molecule has 3 nitrogen and oxygen atoms in total. The first kappa shape index (κ1) is 15.1. The fraction of sp³-hybridized carbons (Fsp3) is 0.278. The molecule has 0 aliphatic rings. The van der Waals surface area contributed by atoms with Crippen molar-refractivity contribution in [2.24, 2.45) is 0 Å². The first-order valence-corrected chi connectivity index (χ1v) is 7.12. The molecule has 0 radical (unpaired) electrons. The lowest BCUT2D eigenvalue weighted by Gasteiger charge is -2.15. The van der Waals surface area contributed by atoms with Crippen LogP contribution >= 0.6 is 0 Å². The number of carbonyl (C=O) groups is 1. The molecule has 0 saturated heterocycles. The van der Waals surface area contributed by atoms with Crippen molar-refractivity contribution >= 4 is 16.7 Å². The van der Waals surface area contributed by atoms with Crippen molar-refractivity contribution in [2.45, 2.75) is 25.8 Å². The fourth-order valence-corrected chi connectivity index (χ4v) is 2.27. The highest BCUT2D eigenvalue weighted by Crippen LogP contribution is 2.24. The van der Waals surface area contributed by atoms with Gasteiger partial charge in [-0.2, -0.15) is 0 Å². The van der Waals surface area contributed by atoms with Gasteiger partial charge in [0.1, 0.15) is 5.75 Å². The molecule has 110 valence electrons. The van der Waals surface area contributed by atoms with Gasteiger partial charge in [0.05, 0.1) is 13.2 Å². The lowest BCUT2D eigenvalue weighted by Crippen LogP contribution is -2.26. The second-order valence-electron chi connectivity index (χ2n) is 5.09. The van der Waals surface area contributed by atoms with Crippen molar-refractivity contribution in [3.05, 3.63) is 54.6 Å². The Balaban J connectivity index is 2.14. The van der Waals surface area contributed by atoms with Crippen molar-refractivity contribution < 1.29 is 9.53 Å². The van der Waals surface area contributed by atoms with Gasteiger partial charge in [-0.3, -0.25) is 4.79 Å². The Bertz CT molecular complexity index is 649. The average Bonchev–Trinajstić information content (AvgIpc) is 2.51. The molecular weight excluding hydrogens is 262 g/mol. The van der Waals surface area contributed by atoms with E-state index in [1.54, 1.807) is 13.2 Å². The van der Waals surface area contributed by atoms with E-state index in [1.165, 1.54) is 0 Å². The lowest BCUT2D eigenvalue weighted by molar-refractivity contribution is -0.121. The van der Waals surface area contributed by atoms with E-state index < -0.39 is 0 Å². The predicted octanol–water partition coefficient (Wildman–Crippen LogP) is 3.99. The number of allylic oxidation sites excluding steroid dienone is 1. The van der Waals surface area contributed by atoms with E-state index in [2.05, 4.69) is 24.0 Å². The van der Waals surface area contributed by atoms with E-state index in [-0.39, 0.29) is 11.9 Å². The van der Waals surface area contributed by atoms with Crippen LogP contribution in [-0.2, 0) is 4.79 Å². The zero-order valence-electron chi connectivity index (χ0n) is 12.6. The number of carbonyl (C=O) groups excluding carboxylic acids is 1. The lowest BCUT2D eigenvalue weighted by atomic mass is 10.0. The largest absolute Gasteiger partial charge is 0.497 e. The third-order valence-electron chi connectivity index (χ3n) is 3.52. The third-order valence-corrected chi connectivity index (χ3v) is 3.52. The number of amides is 1. The van der Waals surface area contributed by atoms with Gasteiger partial charge in [0.2, 0.25) is 5.91 Å². The molecule has 21 heavy (non-hydrogen) atoms. The molecule has 2 rings (SSSR count). The van der Waals surface area contributed by atoms with Crippen LogP contribution in [0.1, 0.15) is 31.4 Å². The first-order chi connectivity index (χ1) is 10.1. The minimum absolute atomic E-state index is 0.00573. The summed E-state index contributed by atoms with van der Waals surface area (Å²) in [6.07, 6.45) is 2.95. The summed E-state index contributed by atoms with van der Waals surface area (Å²) >= 11 is 0. The van der Waals surface area contributed by atoms with Crippen LogP contribution in [0.3, 0.4) is 0 Å². The summed E-state index contributed by atoms with van der Waals surface area (Å²) < 4.78 is 5.23. The van der Waals surface area contributed by atoms with Crippen molar-refractivity contribution in [2.75, 3.05) is 7.11 Å². The number of ether oxygens (including phenoxy) is 1. The molecule has 0 aliphatic heterocycles. The molecule has 0 fully saturated rings. The number of hydrogen-bond acceptors (Lipinski definition) is 2. The number of methoxy groups -OCH3 is 1. The summed E-state index contributed by atoms with van der Waals surface area (Å²) in [5, 5.41) is 5.27. The van der Waals surface area contributed by atoms with Crippen molar-refractivity contribution in [1.82, 2.24) is 5.32 Å². The zero-order chi connectivity index (χ0) is 15.2. The van der Waals surface area contributed by atoms with Gasteiger partial charge in [0, 0.05) is 6.42 Å². The molecule has 1 amide bonds. The first-order valence-electron chi connectivity index (χ1n) is 7.12. The molecule has 0 saturated carbocycles. The van der Waals surface area contributed by atoms with E-state index in [1.807, 2.05) is 31.2 Å². The van der Waals surface area contributed by atoms with E-state index in [0.717, 1.165) is 22.1 Å². The summed E-state index contributed by atoms with van der Waals surface area (Å²) in [7, 11) is 1.66. The van der Waals surface area contributed by atoms with Crippen LogP contribution in [0.15, 0.2) is 49.1 Å². The van der Waals surface area contributed by atoms with E-state index in [0.29, 0.717) is 12.8 Å². The average molecular weight is 283 g/mol. The van der Waals surface area contributed by atoms with Gasteiger partial charge in [-0.1, -0.05) is 24.3 Å². The quantitative estimate of drug-likeness (QED) is 0.814. The van der Waals surface area contributed by atoms with Crippen LogP contribution in [0.5, 0.6) is 5.75 Å². The molecule has 1 N–H and O–H groups in total. The SMILES string of the molecule is C=CCCC(=O)NC(C)c1ccc2cc(OC)ccc2c1. The zero-order valence-corrected chi connectivity index (χ0v) is 12.6. The number of nitrogens with one attached hydrogen (secondary N) is 1. The smallest absolute Gasteiger partial charge is 0.220 e. The van der Waals surface area contributed by atoms with Gasteiger partial charge in [-0.25, -0.2) is 0 Å². The molecule has 0 heterocycles. The van der Waals surface area contributed by atoms with Gasteiger partial charge in [-0.05, 0) is 47.9 Å². The van der Waals surface area contributed by atoms with Crippen molar-refractivity contribution in [1.29, 1.82) is 0 Å². The second-order valence-corrected chi connectivity index (χ2v) is 5.09. The number of rotatable bonds is 6. The molecule has 0 spiro atoms. The second kappa shape index (κ2) is 6.93. The summed E-state index contributed by atoms with van der Waals surface area (Å²) in [6.45, 7) is 5.62. The molecular formula is C18H21NO2. The van der Waals surface area contributed by atoms with Gasteiger partial charge < -0.3 is 10.1 Å². The monoisotopic (exact) mass is 283 g/mol. The Morgan fingerprint density at radius 3 is 2.71 bits per heavy atom. The Hall–Kier alpha value is -2.29. The van der Waals surface area contributed by atoms with Crippen LogP contribution in [-0.4, -0.2) is 13.0 Å². The number of hydrogen-bond donors (Lipinski definition) is 1. The normalized spacial score (nSPS) is 11.9. The third kappa shape index (κ3) is 3.85. The van der Waals surface area contributed by atoms with Crippen LogP contribution in [0.4, 0.5) is 0 Å².